The predicted molar refractivity (Wildman–Crippen MR) is 120 cm³/mol. The van der Waals surface area contributed by atoms with Crippen molar-refractivity contribution in [1.29, 1.82) is 0 Å². The number of hydroxylamine groups is 1. The topological polar surface area (TPSA) is 114 Å². The number of rotatable bonds is 9. The van der Waals surface area contributed by atoms with Gasteiger partial charge >= 0.3 is 12.1 Å². The van der Waals surface area contributed by atoms with Crippen molar-refractivity contribution in [2.45, 2.75) is 44.6 Å². The van der Waals surface area contributed by atoms with Gasteiger partial charge in [-0.05, 0) is 47.4 Å². The Balaban J connectivity index is 1.29. The van der Waals surface area contributed by atoms with Gasteiger partial charge in [0.2, 0.25) is 5.91 Å². The molecule has 2 aliphatic rings. The summed E-state index contributed by atoms with van der Waals surface area (Å²) in [4.78, 5) is 40.3. The molecule has 33 heavy (non-hydrogen) atoms. The molecule has 2 aromatic rings. The Bertz CT molecular complexity index is 1000. The Morgan fingerprint density at radius 2 is 1.67 bits per heavy atom. The van der Waals surface area contributed by atoms with Crippen molar-refractivity contribution in [3.8, 4) is 11.1 Å². The normalized spacial score (nSPS) is 16.6. The second-order valence-electron chi connectivity index (χ2n) is 8.83. The van der Waals surface area contributed by atoms with Gasteiger partial charge in [0, 0.05) is 18.9 Å². The lowest BCUT2D eigenvalue weighted by molar-refractivity contribution is -0.159. The van der Waals surface area contributed by atoms with E-state index in [1.807, 2.05) is 24.3 Å². The fourth-order valence-electron chi connectivity index (χ4n) is 4.58. The Labute approximate surface area is 192 Å². The summed E-state index contributed by atoms with van der Waals surface area (Å²) in [7, 11) is 0. The maximum atomic E-state index is 12.5. The zero-order valence-electron chi connectivity index (χ0n) is 18.5. The largest absolute Gasteiger partial charge is 0.479 e. The molecule has 1 saturated carbocycles. The lowest BCUT2D eigenvalue weighted by atomic mass is 9.66. The van der Waals surface area contributed by atoms with E-state index in [2.05, 4.69) is 35.1 Å². The Morgan fingerprint density at radius 1 is 1.06 bits per heavy atom. The maximum absolute atomic E-state index is 12.5. The van der Waals surface area contributed by atoms with Crippen molar-refractivity contribution in [3.05, 3.63) is 59.7 Å². The standard InChI is InChI=1S/C25H28N2O6/c1-16(23(29)30)33-27-22(28)13-25(11-6-12-25)15-26-24(31)32-14-21-19-9-4-2-7-17(19)18-8-3-5-10-20(18)21/h2-5,7-10,16,21H,6,11-15H2,1H3,(H,26,31)(H,27,28)(H,29,30). The summed E-state index contributed by atoms with van der Waals surface area (Å²) in [6, 6.07) is 16.3. The van der Waals surface area contributed by atoms with Crippen LogP contribution >= 0.6 is 0 Å². The minimum Gasteiger partial charge on any atom is -0.479 e. The Hall–Kier alpha value is -3.39. The van der Waals surface area contributed by atoms with E-state index in [1.165, 1.54) is 18.1 Å². The summed E-state index contributed by atoms with van der Waals surface area (Å²) < 4.78 is 5.57. The second kappa shape index (κ2) is 9.62. The molecule has 8 heteroatoms. The van der Waals surface area contributed by atoms with Crippen molar-refractivity contribution >= 4 is 18.0 Å². The number of amides is 2. The molecule has 0 heterocycles. The molecule has 2 aliphatic carbocycles. The molecule has 0 aromatic heterocycles. The van der Waals surface area contributed by atoms with Crippen LogP contribution in [0.2, 0.25) is 0 Å². The molecule has 2 amide bonds. The number of carboxylic acids is 1. The highest BCUT2D eigenvalue weighted by Crippen LogP contribution is 2.45. The van der Waals surface area contributed by atoms with Crippen LogP contribution in [0.15, 0.2) is 48.5 Å². The molecule has 0 radical (unpaired) electrons. The molecule has 3 N–H and O–H groups in total. The lowest BCUT2D eigenvalue weighted by Gasteiger charge is -2.41. The number of aliphatic carboxylic acids is 1. The average molecular weight is 453 g/mol. The number of carbonyl (C=O) groups is 3. The Morgan fingerprint density at radius 3 is 2.21 bits per heavy atom. The van der Waals surface area contributed by atoms with Crippen LogP contribution in [-0.4, -0.2) is 42.3 Å². The fraction of sp³-hybridized carbons (Fsp3) is 0.400. The van der Waals surface area contributed by atoms with E-state index in [4.69, 9.17) is 14.7 Å². The highest BCUT2D eigenvalue weighted by molar-refractivity contribution is 5.79. The molecule has 174 valence electrons. The third-order valence-corrected chi connectivity index (χ3v) is 6.60. The molecule has 1 atom stereocenters. The average Bonchev–Trinajstić information content (AvgIpc) is 3.11. The summed E-state index contributed by atoms with van der Waals surface area (Å²) in [5.41, 5.74) is 6.45. The van der Waals surface area contributed by atoms with Crippen LogP contribution in [0, 0.1) is 5.41 Å². The molecule has 1 unspecified atom stereocenters. The van der Waals surface area contributed by atoms with Crippen LogP contribution in [0.25, 0.3) is 11.1 Å². The van der Waals surface area contributed by atoms with Crippen molar-refractivity contribution < 1.29 is 29.1 Å². The summed E-state index contributed by atoms with van der Waals surface area (Å²) in [5, 5.41) is 11.6. The first kappa shape index (κ1) is 22.8. The number of hydrogen-bond donors (Lipinski definition) is 3. The summed E-state index contributed by atoms with van der Waals surface area (Å²) in [6.45, 7) is 1.88. The number of fused-ring (bicyclic) bond motifs is 3. The van der Waals surface area contributed by atoms with E-state index in [0.717, 1.165) is 30.4 Å². The number of alkyl carbamates (subject to hydrolysis) is 1. The molecule has 2 aromatic carbocycles. The van der Waals surface area contributed by atoms with Crippen LogP contribution in [0.1, 0.15) is 49.7 Å². The van der Waals surface area contributed by atoms with Gasteiger partial charge in [0.25, 0.3) is 0 Å². The minimum absolute atomic E-state index is 0.0139. The number of carbonyl (C=O) groups excluding carboxylic acids is 2. The molecule has 1 fully saturated rings. The number of hydrogen-bond acceptors (Lipinski definition) is 5. The molecule has 0 aliphatic heterocycles. The predicted octanol–water partition coefficient (Wildman–Crippen LogP) is 3.61. The smallest absolute Gasteiger partial charge is 0.407 e. The van der Waals surface area contributed by atoms with Gasteiger partial charge in [-0.15, -0.1) is 0 Å². The molecule has 0 spiro atoms. The zero-order valence-corrected chi connectivity index (χ0v) is 18.5. The van der Waals surface area contributed by atoms with E-state index in [9.17, 15) is 14.4 Å². The monoisotopic (exact) mass is 452 g/mol. The van der Waals surface area contributed by atoms with E-state index in [0.29, 0.717) is 6.54 Å². The second-order valence-corrected chi connectivity index (χ2v) is 8.83. The highest BCUT2D eigenvalue weighted by atomic mass is 16.7. The summed E-state index contributed by atoms with van der Waals surface area (Å²) >= 11 is 0. The van der Waals surface area contributed by atoms with Crippen LogP contribution < -0.4 is 10.8 Å². The van der Waals surface area contributed by atoms with Gasteiger partial charge in [0.1, 0.15) is 6.61 Å². The molecule has 0 saturated heterocycles. The quantitative estimate of drug-likeness (QED) is 0.501. The number of benzene rings is 2. The van der Waals surface area contributed by atoms with Crippen LogP contribution in [0.4, 0.5) is 4.79 Å². The summed E-state index contributed by atoms with van der Waals surface area (Å²) in [6.07, 6.45) is 1.04. The van der Waals surface area contributed by atoms with Gasteiger partial charge in [-0.2, -0.15) is 0 Å². The van der Waals surface area contributed by atoms with Gasteiger partial charge < -0.3 is 15.2 Å². The van der Waals surface area contributed by atoms with E-state index in [1.54, 1.807) is 0 Å². The van der Waals surface area contributed by atoms with Crippen molar-refractivity contribution in [2.24, 2.45) is 5.41 Å². The minimum atomic E-state index is -1.16. The van der Waals surface area contributed by atoms with Crippen LogP contribution in [0.5, 0.6) is 0 Å². The zero-order chi connectivity index (χ0) is 23.4. The van der Waals surface area contributed by atoms with Gasteiger partial charge in [0.05, 0.1) is 0 Å². The van der Waals surface area contributed by atoms with E-state index < -0.39 is 24.1 Å². The SMILES string of the molecule is CC(ONC(=O)CC1(CNC(=O)OCC2c3ccccc3-c3ccccc32)CCC1)C(=O)O. The van der Waals surface area contributed by atoms with Gasteiger partial charge in [-0.3, -0.25) is 9.63 Å². The van der Waals surface area contributed by atoms with E-state index >= 15 is 0 Å². The van der Waals surface area contributed by atoms with E-state index in [-0.39, 0.29) is 24.4 Å². The maximum Gasteiger partial charge on any atom is 0.407 e. The molecule has 8 nitrogen and oxygen atoms in total. The molecular weight excluding hydrogens is 424 g/mol. The van der Waals surface area contributed by atoms with Crippen LogP contribution in [0.3, 0.4) is 0 Å². The highest BCUT2D eigenvalue weighted by Gasteiger charge is 2.39. The molecule has 0 bridgehead atoms. The first-order chi connectivity index (χ1) is 15.9. The van der Waals surface area contributed by atoms with Crippen molar-refractivity contribution in [3.63, 3.8) is 0 Å². The summed E-state index contributed by atoms with van der Waals surface area (Å²) in [5.74, 6) is -1.58. The molecule has 4 rings (SSSR count). The van der Waals surface area contributed by atoms with Gasteiger partial charge in [0.15, 0.2) is 6.10 Å². The fourth-order valence-corrected chi connectivity index (χ4v) is 4.58. The van der Waals surface area contributed by atoms with Crippen molar-refractivity contribution in [2.75, 3.05) is 13.2 Å². The number of ether oxygens (including phenoxy) is 1. The third-order valence-electron chi connectivity index (χ3n) is 6.60. The van der Waals surface area contributed by atoms with Gasteiger partial charge in [-0.25, -0.2) is 15.1 Å². The van der Waals surface area contributed by atoms with Crippen LogP contribution in [-0.2, 0) is 19.2 Å². The van der Waals surface area contributed by atoms with Gasteiger partial charge in [-0.1, -0.05) is 55.0 Å². The number of nitrogens with one attached hydrogen (secondary N) is 2. The third kappa shape index (κ3) is 5.01. The Kier molecular flexibility index (Phi) is 6.65. The lowest BCUT2D eigenvalue weighted by Crippen LogP contribution is -2.46. The van der Waals surface area contributed by atoms with Crippen molar-refractivity contribution in [1.82, 2.24) is 10.8 Å². The number of carboxylic acid groups (broad SMARTS) is 1. The first-order valence-corrected chi connectivity index (χ1v) is 11.1. The first-order valence-electron chi connectivity index (χ1n) is 11.1. The molecular formula is C25H28N2O6.